The second-order valence-electron chi connectivity index (χ2n) is 5.67. The Kier molecular flexibility index (Phi) is 3.32. The van der Waals surface area contributed by atoms with E-state index in [1.165, 1.54) is 0 Å². The largest absolute Gasteiger partial charge is 0.376 e. The second kappa shape index (κ2) is 5.37. The van der Waals surface area contributed by atoms with Crippen LogP contribution >= 0.6 is 11.6 Å². The van der Waals surface area contributed by atoms with Crippen molar-refractivity contribution >= 4 is 28.5 Å². The van der Waals surface area contributed by atoms with Gasteiger partial charge in [0.25, 0.3) is 5.91 Å². The number of aromatic nitrogens is 2. The number of aromatic amines is 1. The van der Waals surface area contributed by atoms with Gasteiger partial charge in [0, 0.05) is 11.6 Å². The van der Waals surface area contributed by atoms with Crippen LogP contribution in [0.5, 0.6) is 0 Å². The lowest BCUT2D eigenvalue weighted by atomic mass is 9.88. The normalized spacial score (nSPS) is 16.0. The Morgan fingerprint density at radius 1 is 1.26 bits per heavy atom. The molecule has 2 aromatic heterocycles. The molecule has 3 aromatic rings. The van der Waals surface area contributed by atoms with Crippen LogP contribution in [0.15, 0.2) is 48.7 Å². The molecule has 0 radical (unpaired) electrons. The van der Waals surface area contributed by atoms with Crippen molar-refractivity contribution in [2.75, 3.05) is 13.2 Å². The Labute approximate surface area is 137 Å². The van der Waals surface area contributed by atoms with E-state index >= 15 is 0 Å². The molecule has 116 valence electrons. The molecular formula is C17H14ClN3O2. The van der Waals surface area contributed by atoms with Gasteiger partial charge in [-0.2, -0.15) is 0 Å². The predicted octanol–water partition coefficient (Wildman–Crippen LogP) is 2.87. The van der Waals surface area contributed by atoms with E-state index < -0.39 is 5.54 Å². The van der Waals surface area contributed by atoms with Crippen molar-refractivity contribution in [2.45, 2.75) is 5.54 Å². The lowest BCUT2D eigenvalue weighted by Gasteiger charge is -2.42. The number of halogens is 1. The third-order valence-corrected chi connectivity index (χ3v) is 4.26. The van der Waals surface area contributed by atoms with Crippen LogP contribution in [-0.2, 0) is 10.3 Å². The number of nitrogens with one attached hydrogen (secondary N) is 2. The van der Waals surface area contributed by atoms with E-state index in [1.807, 2.05) is 30.3 Å². The zero-order valence-electron chi connectivity index (χ0n) is 12.2. The molecule has 1 saturated heterocycles. The second-order valence-corrected chi connectivity index (χ2v) is 6.11. The smallest absolute Gasteiger partial charge is 0.268 e. The zero-order valence-corrected chi connectivity index (χ0v) is 12.9. The number of H-pyrrole nitrogens is 1. The fraction of sp³-hybridized carbons (Fsp3) is 0.176. The molecule has 1 amide bonds. The van der Waals surface area contributed by atoms with E-state index in [4.69, 9.17) is 16.3 Å². The number of fused-ring (bicyclic) bond motifs is 1. The van der Waals surface area contributed by atoms with Crippen LogP contribution in [0.25, 0.3) is 11.0 Å². The van der Waals surface area contributed by atoms with E-state index in [1.54, 1.807) is 18.3 Å². The van der Waals surface area contributed by atoms with Gasteiger partial charge in [-0.05, 0) is 17.7 Å². The summed E-state index contributed by atoms with van der Waals surface area (Å²) >= 11 is 5.93. The van der Waals surface area contributed by atoms with Crippen LogP contribution in [0.4, 0.5) is 0 Å². The molecule has 0 aliphatic carbocycles. The summed E-state index contributed by atoms with van der Waals surface area (Å²) in [7, 11) is 0. The maximum atomic E-state index is 12.6. The monoisotopic (exact) mass is 327 g/mol. The fourth-order valence-corrected chi connectivity index (χ4v) is 2.94. The molecule has 1 fully saturated rings. The molecule has 3 heterocycles. The maximum absolute atomic E-state index is 12.6. The number of rotatable bonds is 3. The Hall–Kier alpha value is -2.37. The number of benzene rings is 1. The number of hydrogen-bond acceptors (Lipinski definition) is 3. The molecule has 0 spiro atoms. The standard InChI is InChI=1S/C17H14ClN3O2/c18-13-6-11-7-14(20-15(11)19-8-13)16(22)21-17(9-23-10-17)12-4-2-1-3-5-12/h1-8H,9-10H2,(H,19,20)(H,21,22). The number of carbonyl (C=O) groups is 1. The number of carbonyl (C=O) groups excluding carboxylic acids is 1. The zero-order chi connectivity index (χ0) is 15.9. The van der Waals surface area contributed by atoms with Crippen molar-refractivity contribution in [1.29, 1.82) is 0 Å². The van der Waals surface area contributed by atoms with Crippen molar-refractivity contribution in [2.24, 2.45) is 0 Å². The van der Waals surface area contributed by atoms with Crippen LogP contribution in [-0.4, -0.2) is 29.1 Å². The summed E-state index contributed by atoms with van der Waals surface area (Å²) in [6.07, 6.45) is 1.55. The highest BCUT2D eigenvalue weighted by molar-refractivity contribution is 6.31. The SMILES string of the molecule is O=C(NC1(c2ccccc2)COC1)c1cc2cc(Cl)cnc2[nH]1. The number of amides is 1. The van der Waals surface area contributed by atoms with Crippen LogP contribution in [0.2, 0.25) is 5.02 Å². The molecule has 2 N–H and O–H groups in total. The molecule has 1 aromatic carbocycles. The van der Waals surface area contributed by atoms with Crippen molar-refractivity contribution in [1.82, 2.24) is 15.3 Å². The first-order valence-corrected chi connectivity index (χ1v) is 7.64. The van der Waals surface area contributed by atoms with E-state index in [0.717, 1.165) is 10.9 Å². The number of hydrogen-bond donors (Lipinski definition) is 2. The Balaban J connectivity index is 1.63. The molecule has 1 aliphatic rings. The summed E-state index contributed by atoms with van der Waals surface area (Å²) in [4.78, 5) is 19.8. The molecule has 5 nitrogen and oxygen atoms in total. The van der Waals surface area contributed by atoms with E-state index in [0.29, 0.717) is 29.6 Å². The minimum Gasteiger partial charge on any atom is -0.376 e. The van der Waals surface area contributed by atoms with Gasteiger partial charge < -0.3 is 15.0 Å². The van der Waals surface area contributed by atoms with E-state index in [9.17, 15) is 4.79 Å². The summed E-state index contributed by atoms with van der Waals surface area (Å²) in [6, 6.07) is 13.4. The number of nitrogens with zero attached hydrogens (tertiary/aromatic N) is 1. The summed E-state index contributed by atoms with van der Waals surface area (Å²) in [5.41, 5.74) is 1.66. The summed E-state index contributed by atoms with van der Waals surface area (Å²) < 4.78 is 5.35. The Morgan fingerprint density at radius 3 is 2.74 bits per heavy atom. The van der Waals surface area contributed by atoms with Gasteiger partial charge in [0.15, 0.2) is 0 Å². The van der Waals surface area contributed by atoms with E-state index in [-0.39, 0.29) is 5.91 Å². The Bertz CT molecular complexity index is 872. The van der Waals surface area contributed by atoms with Crippen molar-refractivity contribution in [3.8, 4) is 0 Å². The highest BCUT2D eigenvalue weighted by atomic mass is 35.5. The average Bonchev–Trinajstić information content (AvgIpc) is 2.94. The van der Waals surface area contributed by atoms with Gasteiger partial charge in [-0.15, -0.1) is 0 Å². The molecular weight excluding hydrogens is 314 g/mol. The minimum absolute atomic E-state index is 0.189. The predicted molar refractivity (Wildman–Crippen MR) is 87.5 cm³/mol. The van der Waals surface area contributed by atoms with Gasteiger partial charge in [-0.25, -0.2) is 4.98 Å². The van der Waals surface area contributed by atoms with Crippen LogP contribution in [0.3, 0.4) is 0 Å². The third kappa shape index (κ3) is 2.48. The molecule has 0 atom stereocenters. The molecule has 4 rings (SSSR count). The topological polar surface area (TPSA) is 67.0 Å². The average molecular weight is 328 g/mol. The minimum atomic E-state index is -0.472. The molecule has 0 unspecified atom stereocenters. The summed E-state index contributed by atoms with van der Waals surface area (Å²) in [5.74, 6) is -0.189. The first kappa shape index (κ1) is 14.2. The molecule has 0 saturated carbocycles. The lowest BCUT2D eigenvalue weighted by Crippen LogP contribution is -2.59. The first-order chi connectivity index (χ1) is 11.2. The van der Waals surface area contributed by atoms with Crippen LogP contribution < -0.4 is 5.32 Å². The van der Waals surface area contributed by atoms with Gasteiger partial charge in [0.2, 0.25) is 0 Å². The Morgan fingerprint density at radius 2 is 2.04 bits per heavy atom. The number of pyridine rings is 1. The van der Waals surface area contributed by atoms with Gasteiger partial charge in [0.1, 0.15) is 16.9 Å². The molecule has 0 bridgehead atoms. The maximum Gasteiger partial charge on any atom is 0.268 e. The van der Waals surface area contributed by atoms with Crippen LogP contribution in [0, 0.1) is 0 Å². The molecule has 23 heavy (non-hydrogen) atoms. The van der Waals surface area contributed by atoms with Crippen molar-refractivity contribution in [3.05, 3.63) is 64.9 Å². The third-order valence-electron chi connectivity index (χ3n) is 4.06. The summed E-state index contributed by atoms with van der Waals surface area (Å²) in [5, 5.41) is 4.43. The fourth-order valence-electron chi connectivity index (χ4n) is 2.77. The quantitative estimate of drug-likeness (QED) is 0.777. The highest BCUT2D eigenvalue weighted by Gasteiger charge is 2.42. The van der Waals surface area contributed by atoms with Crippen molar-refractivity contribution < 1.29 is 9.53 Å². The highest BCUT2D eigenvalue weighted by Crippen LogP contribution is 2.30. The number of ether oxygens (including phenoxy) is 1. The van der Waals surface area contributed by atoms with Gasteiger partial charge in [-0.1, -0.05) is 41.9 Å². The molecule has 6 heteroatoms. The first-order valence-electron chi connectivity index (χ1n) is 7.26. The summed E-state index contributed by atoms with van der Waals surface area (Å²) in [6.45, 7) is 0.931. The van der Waals surface area contributed by atoms with Gasteiger partial charge >= 0.3 is 0 Å². The molecule has 1 aliphatic heterocycles. The van der Waals surface area contributed by atoms with Gasteiger partial charge in [0.05, 0.1) is 18.2 Å². The van der Waals surface area contributed by atoms with E-state index in [2.05, 4.69) is 15.3 Å². The van der Waals surface area contributed by atoms with Crippen LogP contribution in [0.1, 0.15) is 16.1 Å². The lowest BCUT2D eigenvalue weighted by molar-refractivity contribution is -0.0734. The van der Waals surface area contributed by atoms with Crippen molar-refractivity contribution in [3.63, 3.8) is 0 Å². The van der Waals surface area contributed by atoms with Gasteiger partial charge in [-0.3, -0.25) is 4.79 Å².